The van der Waals surface area contributed by atoms with Crippen molar-refractivity contribution in [3.8, 4) is 17.2 Å². The van der Waals surface area contributed by atoms with Crippen LogP contribution in [-0.4, -0.2) is 57.0 Å². The zero-order valence-electron chi connectivity index (χ0n) is 18.5. The third kappa shape index (κ3) is 6.01. The normalized spacial score (nSPS) is 13.6. The molecule has 0 radical (unpaired) electrons. The summed E-state index contributed by atoms with van der Waals surface area (Å²) >= 11 is 0. The lowest BCUT2D eigenvalue weighted by molar-refractivity contribution is 0.0949. The highest BCUT2D eigenvalue weighted by atomic mass is 16.5. The lowest BCUT2D eigenvalue weighted by Gasteiger charge is -2.28. The van der Waals surface area contributed by atoms with Gasteiger partial charge in [0.1, 0.15) is 5.82 Å². The SMILES string of the molecule is CCOc1cc(C(=O)NCc2ccnc(N3CCOCC3)c2)cc(OCC)c1OCC. The second-order valence-electron chi connectivity index (χ2n) is 6.91. The molecule has 1 aliphatic rings. The van der Waals surface area contributed by atoms with E-state index in [0.717, 1.165) is 24.5 Å². The smallest absolute Gasteiger partial charge is 0.251 e. The third-order valence-electron chi connectivity index (χ3n) is 4.77. The average molecular weight is 430 g/mol. The highest BCUT2D eigenvalue weighted by molar-refractivity contribution is 5.95. The van der Waals surface area contributed by atoms with Crippen LogP contribution in [0.5, 0.6) is 17.2 Å². The summed E-state index contributed by atoms with van der Waals surface area (Å²) in [5.41, 5.74) is 1.43. The van der Waals surface area contributed by atoms with Crippen molar-refractivity contribution >= 4 is 11.7 Å². The van der Waals surface area contributed by atoms with Crippen LogP contribution in [0.4, 0.5) is 5.82 Å². The molecule has 0 unspecified atom stereocenters. The number of anilines is 1. The molecule has 3 rings (SSSR count). The van der Waals surface area contributed by atoms with Crippen molar-refractivity contribution in [3.63, 3.8) is 0 Å². The molecule has 2 heterocycles. The van der Waals surface area contributed by atoms with Gasteiger partial charge in [0.05, 0.1) is 33.0 Å². The first-order valence-electron chi connectivity index (χ1n) is 10.8. The average Bonchev–Trinajstić information content (AvgIpc) is 2.80. The second-order valence-corrected chi connectivity index (χ2v) is 6.91. The van der Waals surface area contributed by atoms with Gasteiger partial charge in [0.15, 0.2) is 11.5 Å². The minimum Gasteiger partial charge on any atom is -0.490 e. The summed E-state index contributed by atoms with van der Waals surface area (Å²) in [6.45, 7) is 10.5. The first kappa shape index (κ1) is 22.7. The number of nitrogens with zero attached hydrogens (tertiary/aromatic N) is 2. The van der Waals surface area contributed by atoms with Crippen LogP contribution in [0.25, 0.3) is 0 Å². The van der Waals surface area contributed by atoms with Gasteiger partial charge in [0.2, 0.25) is 5.75 Å². The van der Waals surface area contributed by atoms with Gasteiger partial charge < -0.3 is 29.2 Å². The lowest BCUT2D eigenvalue weighted by atomic mass is 10.1. The number of aromatic nitrogens is 1. The van der Waals surface area contributed by atoms with Crippen LogP contribution in [-0.2, 0) is 11.3 Å². The fourth-order valence-electron chi connectivity index (χ4n) is 3.34. The molecule has 1 N–H and O–H groups in total. The van der Waals surface area contributed by atoms with Crippen LogP contribution >= 0.6 is 0 Å². The number of ether oxygens (including phenoxy) is 4. The number of benzene rings is 1. The summed E-state index contributed by atoms with van der Waals surface area (Å²) in [5, 5.41) is 2.97. The van der Waals surface area contributed by atoms with E-state index in [1.807, 2.05) is 32.9 Å². The first-order chi connectivity index (χ1) is 15.2. The van der Waals surface area contributed by atoms with Gasteiger partial charge in [-0.2, -0.15) is 0 Å². The topological polar surface area (TPSA) is 82.2 Å². The molecule has 1 saturated heterocycles. The van der Waals surface area contributed by atoms with E-state index < -0.39 is 0 Å². The molecule has 31 heavy (non-hydrogen) atoms. The molecule has 0 spiro atoms. The van der Waals surface area contributed by atoms with Crippen molar-refractivity contribution in [2.45, 2.75) is 27.3 Å². The Morgan fingerprint density at radius 1 is 1.03 bits per heavy atom. The highest BCUT2D eigenvalue weighted by Crippen LogP contribution is 2.39. The van der Waals surface area contributed by atoms with Crippen LogP contribution in [0.2, 0.25) is 0 Å². The lowest BCUT2D eigenvalue weighted by Crippen LogP contribution is -2.36. The van der Waals surface area contributed by atoms with Crippen LogP contribution in [0, 0.1) is 0 Å². The van der Waals surface area contributed by atoms with Crippen molar-refractivity contribution in [2.75, 3.05) is 51.0 Å². The Morgan fingerprint density at radius 3 is 2.29 bits per heavy atom. The zero-order chi connectivity index (χ0) is 22.1. The Kier molecular flexibility index (Phi) is 8.35. The molecule has 0 saturated carbocycles. The van der Waals surface area contributed by atoms with Crippen molar-refractivity contribution in [3.05, 3.63) is 41.6 Å². The van der Waals surface area contributed by atoms with E-state index in [2.05, 4.69) is 15.2 Å². The van der Waals surface area contributed by atoms with Gasteiger partial charge >= 0.3 is 0 Å². The fourth-order valence-corrected chi connectivity index (χ4v) is 3.34. The number of rotatable bonds is 10. The maximum Gasteiger partial charge on any atom is 0.251 e. The van der Waals surface area contributed by atoms with Crippen molar-refractivity contribution in [1.29, 1.82) is 0 Å². The Balaban J connectivity index is 1.74. The minimum absolute atomic E-state index is 0.213. The Morgan fingerprint density at radius 2 is 1.68 bits per heavy atom. The van der Waals surface area contributed by atoms with Crippen LogP contribution < -0.4 is 24.4 Å². The van der Waals surface area contributed by atoms with Gasteiger partial charge in [-0.15, -0.1) is 0 Å². The van der Waals surface area contributed by atoms with Gasteiger partial charge in [-0.05, 0) is 50.6 Å². The summed E-state index contributed by atoms with van der Waals surface area (Å²) < 4.78 is 22.5. The number of hydrogen-bond donors (Lipinski definition) is 1. The standard InChI is InChI=1S/C23H31N3O5/c1-4-29-19-14-18(15-20(30-5-2)22(19)31-6-3)23(27)25-16-17-7-8-24-21(13-17)26-9-11-28-12-10-26/h7-8,13-15H,4-6,9-12,16H2,1-3H3,(H,25,27). The summed E-state index contributed by atoms with van der Waals surface area (Å²) in [4.78, 5) is 19.5. The zero-order valence-corrected chi connectivity index (χ0v) is 18.5. The molecule has 0 atom stereocenters. The van der Waals surface area contributed by atoms with E-state index in [1.165, 1.54) is 0 Å². The van der Waals surface area contributed by atoms with Crippen molar-refractivity contribution in [1.82, 2.24) is 10.3 Å². The number of amides is 1. The third-order valence-corrected chi connectivity index (χ3v) is 4.77. The van der Waals surface area contributed by atoms with Gasteiger partial charge in [0.25, 0.3) is 5.91 Å². The molecule has 168 valence electrons. The number of pyridine rings is 1. The van der Waals surface area contributed by atoms with Crippen molar-refractivity contribution in [2.24, 2.45) is 0 Å². The van der Waals surface area contributed by atoms with E-state index in [-0.39, 0.29) is 5.91 Å². The summed E-state index contributed by atoms with van der Waals surface area (Å²) in [6, 6.07) is 7.29. The number of morpholine rings is 1. The summed E-state index contributed by atoms with van der Waals surface area (Å²) in [6.07, 6.45) is 1.77. The van der Waals surface area contributed by atoms with E-state index in [1.54, 1.807) is 18.3 Å². The predicted octanol–water partition coefficient (Wildman–Crippen LogP) is 3.04. The van der Waals surface area contributed by atoms with E-state index in [0.29, 0.717) is 62.4 Å². The largest absolute Gasteiger partial charge is 0.490 e. The molecule has 1 amide bonds. The number of carbonyl (C=O) groups is 1. The fraction of sp³-hybridized carbons (Fsp3) is 0.478. The molecule has 0 bridgehead atoms. The number of nitrogens with one attached hydrogen (secondary N) is 1. The van der Waals surface area contributed by atoms with Gasteiger partial charge in [-0.25, -0.2) is 4.98 Å². The molecule has 0 aliphatic carbocycles. The van der Waals surface area contributed by atoms with Crippen LogP contribution in [0.15, 0.2) is 30.5 Å². The molecule has 1 aromatic carbocycles. The molecule has 1 aromatic heterocycles. The Bertz CT molecular complexity index is 841. The molecular weight excluding hydrogens is 398 g/mol. The summed E-state index contributed by atoms with van der Waals surface area (Å²) in [7, 11) is 0. The van der Waals surface area contributed by atoms with E-state index in [9.17, 15) is 4.79 Å². The van der Waals surface area contributed by atoms with E-state index >= 15 is 0 Å². The Hall–Kier alpha value is -3.00. The van der Waals surface area contributed by atoms with Gasteiger partial charge in [-0.1, -0.05) is 0 Å². The predicted molar refractivity (Wildman–Crippen MR) is 118 cm³/mol. The quantitative estimate of drug-likeness (QED) is 0.622. The van der Waals surface area contributed by atoms with Crippen molar-refractivity contribution < 1.29 is 23.7 Å². The molecule has 1 aliphatic heterocycles. The summed E-state index contributed by atoms with van der Waals surface area (Å²) in [5.74, 6) is 2.20. The second kappa shape index (κ2) is 11.4. The molecule has 1 fully saturated rings. The molecule has 8 nitrogen and oxygen atoms in total. The molecule has 8 heteroatoms. The minimum atomic E-state index is -0.213. The van der Waals surface area contributed by atoms with Crippen LogP contribution in [0.3, 0.4) is 0 Å². The van der Waals surface area contributed by atoms with Gasteiger partial charge in [-0.3, -0.25) is 4.79 Å². The maximum absolute atomic E-state index is 12.9. The highest BCUT2D eigenvalue weighted by Gasteiger charge is 2.18. The molecule has 2 aromatic rings. The van der Waals surface area contributed by atoms with Gasteiger partial charge in [0, 0.05) is 31.4 Å². The monoisotopic (exact) mass is 429 g/mol. The Labute approximate surface area is 183 Å². The number of hydrogen-bond acceptors (Lipinski definition) is 7. The molecular formula is C23H31N3O5. The maximum atomic E-state index is 12.9. The first-order valence-corrected chi connectivity index (χ1v) is 10.8. The van der Waals surface area contributed by atoms with Crippen LogP contribution in [0.1, 0.15) is 36.7 Å². The number of carbonyl (C=O) groups excluding carboxylic acids is 1. The van der Waals surface area contributed by atoms with E-state index in [4.69, 9.17) is 18.9 Å².